The van der Waals surface area contributed by atoms with Gasteiger partial charge in [-0.25, -0.2) is 0 Å². The van der Waals surface area contributed by atoms with Gasteiger partial charge in [-0.3, -0.25) is 4.79 Å². The molecule has 4 nitrogen and oxygen atoms in total. The van der Waals surface area contributed by atoms with E-state index in [1.54, 1.807) is 7.11 Å². The maximum Gasteiger partial charge on any atom is 0.227 e. The van der Waals surface area contributed by atoms with Gasteiger partial charge in [-0.2, -0.15) is 0 Å². The average Bonchev–Trinajstić information content (AvgIpc) is 3.20. The number of nitrogens with one attached hydrogen (secondary N) is 1. The van der Waals surface area contributed by atoms with Crippen LogP contribution in [0.4, 0.5) is 0 Å². The fraction of sp³-hybridized carbons (Fsp3) is 0.381. The zero-order valence-corrected chi connectivity index (χ0v) is 14.8. The summed E-state index contributed by atoms with van der Waals surface area (Å²) >= 11 is 0. The summed E-state index contributed by atoms with van der Waals surface area (Å²) < 4.78 is 5.21. The Morgan fingerprint density at radius 2 is 1.88 bits per heavy atom. The predicted molar refractivity (Wildman–Crippen MR) is 99.5 cm³/mol. The summed E-state index contributed by atoms with van der Waals surface area (Å²) in [4.78, 5) is 14.9. The van der Waals surface area contributed by atoms with Gasteiger partial charge in [0.1, 0.15) is 5.75 Å². The molecular formula is C21H26N2O2. The Hall–Kier alpha value is -2.33. The molecule has 0 bridgehead atoms. The van der Waals surface area contributed by atoms with Crippen molar-refractivity contribution in [2.75, 3.05) is 26.7 Å². The third-order valence-corrected chi connectivity index (χ3v) is 4.77. The monoisotopic (exact) mass is 338 g/mol. The molecule has 4 heteroatoms. The van der Waals surface area contributed by atoms with Crippen LogP contribution in [0, 0.1) is 5.92 Å². The van der Waals surface area contributed by atoms with Gasteiger partial charge in [0.05, 0.1) is 13.0 Å². The van der Waals surface area contributed by atoms with Gasteiger partial charge >= 0.3 is 0 Å². The highest BCUT2D eigenvalue weighted by Gasteiger charge is 2.27. The van der Waals surface area contributed by atoms with Gasteiger partial charge in [0.2, 0.25) is 5.91 Å². The number of ether oxygens (including phenoxy) is 1. The highest BCUT2D eigenvalue weighted by molar-refractivity contribution is 5.79. The van der Waals surface area contributed by atoms with Gasteiger partial charge in [0.25, 0.3) is 0 Å². The van der Waals surface area contributed by atoms with Crippen LogP contribution in [0.3, 0.4) is 0 Å². The molecule has 1 N–H and O–H groups in total. The molecule has 1 unspecified atom stereocenters. The molecule has 1 heterocycles. The van der Waals surface area contributed by atoms with Gasteiger partial charge in [-0.05, 0) is 42.6 Å². The van der Waals surface area contributed by atoms with Crippen molar-refractivity contribution in [1.29, 1.82) is 0 Å². The first-order valence-electron chi connectivity index (χ1n) is 8.92. The summed E-state index contributed by atoms with van der Waals surface area (Å²) in [6, 6.07) is 18.3. The van der Waals surface area contributed by atoms with Crippen LogP contribution in [-0.2, 0) is 17.8 Å². The number of carbonyl (C=O) groups is 1. The lowest BCUT2D eigenvalue weighted by Crippen LogP contribution is -2.38. The van der Waals surface area contributed by atoms with Crippen LogP contribution < -0.4 is 10.1 Å². The number of nitrogens with zero attached hydrogens (tertiary/aromatic N) is 1. The lowest BCUT2D eigenvalue weighted by Gasteiger charge is -2.26. The number of hydrogen-bond donors (Lipinski definition) is 1. The number of carbonyl (C=O) groups excluding carboxylic acids is 1. The van der Waals surface area contributed by atoms with E-state index in [1.165, 1.54) is 11.1 Å². The minimum absolute atomic E-state index is 0.111. The predicted octanol–water partition coefficient (Wildman–Crippen LogP) is 2.88. The summed E-state index contributed by atoms with van der Waals surface area (Å²) in [5.41, 5.74) is 2.40. The first kappa shape index (κ1) is 17.5. The number of amides is 1. The standard InChI is InChI=1S/C21H26N2O2/c1-25-20-9-7-17(8-10-20)12-14-23(16-18-5-3-2-4-6-18)21(24)19-11-13-22-15-19/h2-10,19,22H,11-16H2,1H3. The molecule has 3 rings (SSSR count). The Kier molecular flexibility index (Phi) is 6.07. The molecule has 1 aliphatic heterocycles. The third-order valence-electron chi connectivity index (χ3n) is 4.77. The molecule has 0 saturated carbocycles. The first-order chi connectivity index (χ1) is 12.3. The molecule has 25 heavy (non-hydrogen) atoms. The number of rotatable bonds is 7. The highest BCUT2D eigenvalue weighted by atomic mass is 16.5. The van der Waals surface area contributed by atoms with Crippen LogP contribution in [0.15, 0.2) is 54.6 Å². The van der Waals surface area contributed by atoms with E-state index in [1.807, 2.05) is 35.2 Å². The zero-order chi connectivity index (χ0) is 17.5. The zero-order valence-electron chi connectivity index (χ0n) is 14.8. The second-order valence-electron chi connectivity index (χ2n) is 6.53. The molecule has 1 aliphatic rings. The molecule has 0 spiro atoms. The number of methoxy groups -OCH3 is 1. The lowest BCUT2D eigenvalue weighted by molar-refractivity contribution is -0.135. The fourth-order valence-corrected chi connectivity index (χ4v) is 3.25. The van der Waals surface area contributed by atoms with Crippen molar-refractivity contribution in [3.63, 3.8) is 0 Å². The topological polar surface area (TPSA) is 41.6 Å². The van der Waals surface area contributed by atoms with Crippen molar-refractivity contribution in [3.05, 3.63) is 65.7 Å². The minimum Gasteiger partial charge on any atom is -0.497 e. The van der Waals surface area contributed by atoms with E-state index in [9.17, 15) is 4.79 Å². The molecule has 0 aliphatic carbocycles. The van der Waals surface area contributed by atoms with Crippen LogP contribution in [-0.4, -0.2) is 37.6 Å². The molecular weight excluding hydrogens is 312 g/mol. The van der Waals surface area contributed by atoms with Crippen LogP contribution >= 0.6 is 0 Å². The summed E-state index contributed by atoms with van der Waals surface area (Å²) in [6.07, 6.45) is 1.79. The van der Waals surface area contributed by atoms with E-state index in [4.69, 9.17) is 4.74 Å². The molecule has 1 atom stereocenters. The molecule has 2 aromatic rings. The summed E-state index contributed by atoms with van der Waals surface area (Å²) in [5, 5.41) is 3.30. The molecule has 1 fully saturated rings. The Balaban J connectivity index is 1.67. The quantitative estimate of drug-likeness (QED) is 0.844. The smallest absolute Gasteiger partial charge is 0.227 e. The van der Waals surface area contributed by atoms with E-state index in [-0.39, 0.29) is 11.8 Å². The van der Waals surface area contributed by atoms with Crippen LogP contribution in [0.25, 0.3) is 0 Å². The van der Waals surface area contributed by atoms with E-state index < -0.39 is 0 Å². The first-order valence-corrected chi connectivity index (χ1v) is 8.92. The number of hydrogen-bond acceptors (Lipinski definition) is 3. The Morgan fingerprint density at radius 3 is 2.52 bits per heavy atom. The SMILES string of the molecule is COc1ccc(CCN(Cc2ccccc2)C(=O)C2CCNC2)cc1. The van der Waals surface area contributed by atoms with Crippen molar-refractivity contribution >= 4 is 5.91 Å². The molecule has 0 radical (unpaired) electrons. The third kappa shape index (κ3) is 4.83. The van der Waals surface area contributed by atoms with Crippen molar-refractivity contribution < 1.29 is 9.53 Å². The van der Waals surface area contributed by atoms with Crippen molar-refractivity contribution in [3.8, 4) is 5.75 Å². The van der Waals surface area contributed by atoms with E-state index >= 15 is 0 Å². The molecule has 1 amide bonds. The normalized spacial score (nSPS) is 16.6. The molecule has 132 valence electrons. The largest absolute Gasteiger partial charge is 0.497 e. The molecule has 2 aromatic carbocycles. The maximum atomic E-state index is 12.9. The molecule has 0 aromatic heterocycles. The van der Waals surface area contributed by atoms with Crippen LogP contribution in [0.2, 0.25) is 0 Å². The molecule has 1 saturated heterocycles. The van der Waals surface area contributed by atoms with E-state index in [0.717, 1.165) is 38.2 Å². The van der Waals surface area contributed by atoms with Gasteiger partial charge in [-0.1, -0.05) is 42.5 Å². The van der Waals surface area contributed by atoms with Gasteiger partial charge in [0, 0.05) is 19.6 Å². The van der Waals surface area contributed by atoms with Gasteiger partial charge < -0.3 is 15.0 Å². The van der Waals surface area contributed by atoms with Crippen molar-refractivity contribution in [2.24, 2.45) is 5.92 Å². The maximum absolute atomic E-state index is 12.9. The average molecular weight is 338 g/mol. The summed E-state index contributed by atoms with van der Waals surface area (Å²) in [5.74, 6) is 1.24. The van der Waals surface area contributed by atoms with Gasteiger partial charge in [-0.15, -0.1) is 0 Å². The van der Waals surface area contributed by atoms with Crippen LogP contribution in [0.5, 0.6) is 5.75 Å². The van der Waals surface area contributed by atoms with Crippen molar-refractivity contribution in [1.82, 2.24) is 10.2 Å². The van der Waals surface area contributed by atoms with Crippen LogP contribution in [0.1, 0.15) is 17.5 Å². The lowest BCUT2D eigenvalue weighted by atomic mass is 10.1. The Bertz CT molecular complexity index is 664. The second kappa shape index (κ2) is 8.67. The van der Waals surface area contributed by atoms with Gasteiger partial charge in [0.15, 0.2) is 0 Å². The van der Waals surface area contributed by atoms with Crippen molar-refractivity contribution in [2.45, 2.75) is 19.4 Å². The highest BCUT2D eigenvalue weighted by Crippen LogP contribution is 2.17. The summed E-state index contributed by atoms with van der Waals surface area (Å²) in [6.45, 7) is 3.14. The van der Waals surface area contributed by atoms with E-state index in [0.29, 0.717) is 6.54 Å². The fourth-order valence-electron chi connectivity index (χ4n) is 3.25. The summed E-state index contributed by atoms with van der Waals surface area (Å²) in [7, 11) is 1.67. The second-order valence-corrected chi connectivity index (χ2v) is 6.53. The Labute approximate surface area is 149 Å². The Morgan fingerprint density at radius 1 is 1.12 bits per heavy atom. The van der Waals surface area contributed by atoms with E-state index in [2.05, 4.69) is 29.6 Å². The minimum atomic E-state index is 0.111. The number of benzene rings is 2.